The monoisotopic (exact) mass is 201 g/mol. The zero-order valence-electron chi connectivity index (χ0n) is 8.18. The fraction of sp³-hybridized carbons (Fsp3) is 0.273. The van der Waals surface area contributed by atoms with Crippen molar-refractivity contribution >= 4 is 11.4 Å². The van der Waals surface area contributed by atoms with Gasteiger partial charge in [0.05, 0.1) is 23.6 Å². The van der Waals surface area contributed by atoms with Gasteiger partial charge >= 0.3 is 0 Å². The fourth-order valence-corrected chi connectivity index (χ4v) is 1.63. The Bertz CT molecular complexity index is 513. The SMILES string of the molecule is O=C(NC1CC1)c1cccn2cncc12. The predicted molar refractivity (Wildman–Crippen MR) is 55.7 cm³/mol. The average Bonchev–Trinajstić information content (AvgIpc) is 2.93. The van der Waals surface area contributed by atoms with Gasteiger partial charge in [0.1, 0.15) is 0 Å². The molecule has 2 aromatic heterocycles. The maximum absolute atomic E-state index is 11.9. The Morgan fingerprint density at radius 1 is 1.53 bits per heavy atom. The fourth-order valence-electron chi connectivity index (χ4n) is 1.63. The van der Waals surface area contributed by atoms with E-state index in [4.69, 9.17) is 0 Å². The molecule has 1 aliphatic carbocycles. The third-order valence-electron chi connectivity index (χ3n) is 2.61. The summed E-state index contributed by atoms with van der Waals surface area (Å²) in [7, 11) is 0. The standard InChI is InChI=1S/C11H11N3O/c15-11(13-8-3-4-8)9-2-1-5-14-7-12-6-10(9)14/h1-2,5-8H,3-4H2,(H,13,15). The summed E-state index contributed by atoms with van der Waals surface area (Å²) in [6.45, 7) is 0. The molecule has 0 aliphatic heterocycles. The number of amides is 1. The van der Waals surface area contributed by atoms with Gasteiger partial charge in [-0.2, -0.15) is 0 Å². The van der Waals surface area contributed by atoms with Crippen molar-refractivity contribution < 1.29 is 4.79 Å². The normalized spacial score (nSPS) is 15.5. The van der Waals surface area contributed by atoms with Crippen LogP contribution in [0, 0.1) is 0 Å². The second kappa shape index (κ2) is 3.08. The topological polar surface area (TPSA) is 46.4 Å². The smallest absolute Gasteiger partial charge is 0.253 e. The van der Waals surface area contributed by atoms with Crippen LogP contribution in [0.25, 0.3) is 5.52 Å². The van der Waals surface area contributed by atoms with Crippen LogP contribution in [0.15, 0.2) is 30.9 Å². The molecule has 1 N–H and O–H groups in total. The second-order valence-electron chi connectivity index (χ2n) is 3.86. The number of nitrogens with zero attached hydrogens (tertiary/aromatic N) is 2. The van der Waals surface area contributed by atoms with Gasteiger partial charge in [-0.1, -0.05) is 0 Å². The predicted octanol–water partition coefficient (Wildman–Crippen LogP) is 1.23. The zero-order valence-corrected chi connectivity index (χ0v) is 8.18. The summed E-state index contributed by atoms with van der Waals surface area (Å²) in [4.78, 5) is 15.9. The molecular formula is C11H11N3O. The molecule has 0 bridgehead atoms. The number of nitrogens with one attached hydrogen (secondary N) is 1. The molecule has 4 heteroatoms. The summed E-state index contributed by atoms with van der Waals surface area (Å²) in [5.74, 6) is 0.00333. The number of aromatic nitrogens is 2. The number of carbonyl (C=O) groups is 1. The van der Waals surface area contributed by atoms with Gasteiger partial charge in [0.25, 0.3) is 5.91 Å². The van der Waals surface area contributed by atoms with Crippen molar-refractivity contribution in [1.29, 1.82) is 0 Å². The number of rotatable bonds is 2. The van der Waals surface area contributed by atoms with Gasteiger partial charge in [0.15, 0.2) is 0 Å². The lowest BCUT2D eigenvalue weighted by Crippen LogP contribution is -2.25. The van der Waals surface area contributed by atoms with Gasteiger partial charge in [-0.05, 0) is 25.0 Å². The Morgan fingerprint density at radius 3 is 3.20 bits per heavy atom. The Morgan fingerprint density at radius 2 is 2.40 bits per heavy atom. The van der Waals surface area contributed by atoms with E-state index in [0.29, 0.717) is 11.6 Å². The maximum atomic E-state index is 11.9. The summed E-state index contributed by atoms with van der Waals surface area (Å²) >= 11 is 0. The molecule has 0 atom stereocenters. The first-order chi connectivity index (χ1) is 7.34. The Balaban J connectivity index is 2.01. The van der Waals surface area contributed by atoms with E-state index in [1.807, 2.05) is 22.7 Å². The lowest BCUT2D eigenvalue weighted by Gasteiger charge is -2.04. The van der Waals surface area contributed by atoms with Crippen LogP contribution < -0.4 is 5.32 Å². The van der Waals surface area contributed by atoms with Crippen LogP contribution in [-0.4, -0.2) is 21.3 Å². The Kier molecular flexibility index (Phi) is 1.74. The molecule has 1 saturated carbocycles. The first kappa shape index (κ1) is 8.47. The largest absolute Gasteiger partial charge is 0.349 e. The molecule has 76 valence electrons. The highest BCUT2D eigenvalue weighted by Crippen LogP contribution is 2.20. The third-order valence-corrected chi connectivity index (χ3v) is 2.61. The van der Waals surface area contributed by atoms with Crippen LogP contribution in [0.3, 0.4) is 0 Å². The van der Waals surface area contributed by atoms with Crippen LogP contribution in [0.2, 0.25) is 0 Å². The van der Waals surface area contributed by atoms with E-state index in [0.717, 1.165) is 18.4 Å². The van der Waals surface area contributed by atoms with Crippen LogP contribution in [0.1, 0.15) is 23.2 Å². The molecular weight excluding hydrogens is 190 g/mol. The van der Waals surface area contributed by atoms with Crippen LogP contribution >= 0.6 is 0 Å². The van der Waals surface area contributed by atoms with E-state index in [1.54, 1.807) is 12.5 Å². The quantitative estimate of drug-likeness (QED) is 0.794. The molecule has 4 nitrogen and oxygen atoms in total. The van der Waals surface area contributed by atoms with Crippen LogP contribution in [0.5, 0.6) is 0 Å². The van der Waals surface area contributed by atoms with Crippen molar-refractivity contribution in [2.45, 2.75) is 18.9 Å². The van der Waals surface area contributed by atoms with Crippen molar-refractivity contribution in [2.24, 2.45) is 0 Å². The molecule has 2 aromatic rings. The Hall–Kier alpha value is -1.84. The molecule has 0 saturated heterocycles. The number of hydrogen-bond donors (Lipinski definition) is 1. The van der Waals surface area contributed by atoms with Gasteiger partial charge in [0.2, 0.25) is 0 Å². The number of fused-ring (bicyclic) bond motifs is 1. The number of imidazole rings is 1. The van der Waals surface area contributed by atoms with E-state index in [1.165, 1.54) is 0 Å². The Labute approximate surface area is 86.9 Å². The summed E-state index contributed by atoms with van der Waals surface area (Å²) in [6, 6.07) is 4.08. The highest BCUT2D eigenvalue weighted by molar-refractivity contribution is 6.00. The third kappa shape index (κ3) is 1.48. The van der Waals surface area contributed by atoms with Crippen molar-refractivity contribution in [3.8, 4) is 0 Å². The highest BCUT2D eigenvalue weighted by atomic mass is 16.1. The molecule has 0 spiro atoms. The van der Waals surface area contributed by atoms with Crippen molar-refractivity contribution in [2.75, 3.05) is 0 Å². The molecule has 1 amide bonds. The van der Waals surface area contributed by atoms with E-state index < -0.39 is 0 Å². The summed E-state index contributed by atoms with van der Waals surface area (Å²) in [5.41, 5.74) is 1.55. The van der Waals surface area contributed by atoms with Crippen molar-refractivity contribution in [3.05, 3.63) is 36.4 Å². The highest BCUT2D eigenvalue weighted by Gasteiger charge is 2.24. The first-order valence-corrected chi connectivity index (χ1v) is 5.06. The summed E-state index contributed by atoms with van der Waals surface area (Å²) in [5, 5.41) is 2.97. The van der Waals surface area contributed by atoms with E-state index in [9.17, 15) is 4.79 Å². The van der Waals surface area contributed by atoms with Crippen molar-refractivity contribution in [3.63, 3.8) is 0 Å². The molecule has 15 heavy (non-hydrogen) atoms. The van der Waals surface area contributed by atoms with E-state index in [-0.39, 0.29) is 5.91 Å². The van der Waals surface area contributed by atoms with E-state index in [2.05, 4.69) is 10.3 Å². The second-order valence-corrected chi connectivity index (χ2v) is 3.86. The zero-order chi connectivity index (χ0) is 10.3. The average molecular weight is 201 g/mol. The summed E-state index contributed by atoms with van der Waals surface area (Å²) < 4.78 is 1.85. The van der Waals surface area contributed by atoms with Crippen LogP contribution in [-0.2, 0) is 0 Å². The van der Waals surface area contributed by atoms with E-state index >= 15 is 0 Å². The minimum absolute atomic E-state index is 0.00333. The lowest BCUT2D eigenvalue weighted by molar-refractivity contribution is 0.0952. The maximum Gasteiger partial charge on any atom is 0.253 e. The van der Waals surface area contributed by atoms with Crippen LogP contribution in [0.4, 0.5) is 0 Å². The molecule has 2 heterocycles. The molecule has 1 fully saturated rings. The van der Waals surface area contributed by atoms with Gasteiger partial charge in [-0.15, -0.1) is 0 Å². The van der Waals surface area contributed by atoms with Gasteiger partial charge < -0.3 is 9.72 Å². The lowest BCUT2D eigenvalue weighted by atomic mass is 10.2. The number of pyridine rings is 1. The van der Waals surface area contributed by atoms with Crippen molar-refractivity contribution in [1.82, 2.24) is 14.7 Å². The van der Waals surface area contributed by atoms with Gasteiger partial charge in [-0.3, -0.25) is 4.79 Å². The number of carbonyl (C=O) groups excluding carboxylic acids is 1. The molecule has 0 unspecified atom stereocenters. The van der Waals surface area contributed by atoms with Gasteiger partial charge in [0, 0.05) is 12.2 Å². The molecule has 3 rings (SSSR count). The summed E-state index contributed by atoms with van der Waals surface area (Å²) in [6.07, 6.45) is 7.50. The molecule has 0 aromatic carbocycles. The van der Waals surface area contributed by atoms with Gasteiger partial charge in [-0.25, -0.2) is 4.98 Å². The minimum Gasteiger partial charge on any atom is -0.349 e. The first-order valence-electron chi connectivity index (χ1n) is 5.06. The number of hydrogen-bond acceptors (Lipinski definition) is 2. The molecule has 1 aliphatic rings. The minimum atomic E-state index is 0.00333. The molecule has 0 radical (unpaired) electrons.